The molecule has 0 atom stereocenters. The first-order valence-corrected chi connectivity index (χ1v) is 6.18. The van der Waals surface area contributed by atoms with Crippen molar-refractivity contribution in [3.63, 3.8) is 0 Å². The molecular weight excluding hydrogens is 233 g/mol. The number of halogens is 1. The van der Waals surface area contributed by atoms with Crippen LogP contribution in [0.25, 0.3) is 0 Å². The maximum absolute atomic E-state index is 13.5. The highest BCUT2D eigenvalue weighted by Gasteiger charge is 2.44. The summed E-state index contributed by atoms with van der Waals surface area (Å²) in [5, 5.41) is 9.57. The lowest BCUT2D eigenvalue weighted by atomic mass is 9.78. The quantitative estimate of drug-likeness (QED) is 0.898. The molecule has 2 rings (SSSR count). The predicted molar refractivity (Wildman–Crippen MR) is 68.5 cm³/mol. The number of nitrogens with zero attached hydrogens (tertiary/aromatic N) is 1. The summed E-state index contributed by atoms with van der Waals surface area (Å²) in [4.78, 5) is 13.5. The molecule has 0 aliphatic heterocycles. The van der Waals surface area contributed by atoms with E-state index in [-0.39, 0.29) is 5.82 Å². The molecule has 4 heteroatoms. The fraction of sp³-hybridized carbons (Fsp3) is 0.500. The fourth-order valence-electron chi connectivity index (χ4n) is 2.86. The molecule has 0 bridgehead atoms. The normalized spacial score (nSPS) is 17.7. The van der Waals surface area contributed by atoms with Crippen molar-refractivity contribution in [3.8, 4) is 0 Å². The van der Waals surface area contributed by atoms with E-state index in [0.717, 1.165) is 18.5 Å². The molecule has 1 aliphatic rings. The summed E-state index contributed by atoms with van der Waals surface area (Å²) >= 11 is 0. The first kappa shape index (κ1) is 12.9. The van der Waals surface area contributed by atoms with E-state index < -0.39 is 11.4 Å². The smallest absolute Gasteiger partial charge is 0.314 e. The highest BCUT2D eigenvalue weighted by atomic mass is 19.1. The van der Waals surface area contributed by atoms with Crippen LogP contribution in [0.2, 0.25) is 0 Å². The Morgan fingerprint density at radius 2 is 1.94 bits per heavy atom. The van der Waals surface area contributed by atoms with Crippen LogP contribution in [0.15, 0.2) is 18.2 Å². The summed E-state index contributed by atoms with van der Waals surface area (Å²) in [5.41, 5.74) is 0.486. The van der Waals surface area contributed by atoms with E-state index in [2.05, 4.69) is 0 Å². The molecule has 1 aromatic carbocycles. The van der Waals surface area contributed by atoms with Gasteiger partial charge in [0.25, 0.3) is 0 Å². The van der Waals surface area contributed by atoms with Crippen molar-refractivity contribution in [1.29, 1.82) is 0 Å². The monoisotopic (exact) mass is 251 g/mol. The number of benzene rings is 1. The summed E-state index contributed by atoms with van der Waals surface area (Å²) < 4.78 is 13.5. The van der Waals surface area contributed by atoms with Gasteiger partial charge in [-0.3, -0.25) is 4.79 Å². The van der Waals surface area contributed by atoms with E-state index in [1.807, 2.05) is 19.0 Å². The van der Waals surface area contributed by atoms with Crippen molar-refractivity contribution < 1.29 is 14.3 Å². The van der Waals surface area contributed by atoms with Crippen molar-refractivity contribution in [2.24, 2.45) is 0 Å². The third-order valence-corrected chi connectivity index (χ3v) is 3.82. The summed E-state index contributed by atoms with van der Waals surface area (Å²) in [6.45, 7) is 0. The Bertz CT molecular complexity index is 465. The molecule has 0 unspecified atom stereocenters. The minimum Gasteiger partial charge on any atom is -0.481 e. The summed E-state index contributed by atoms with van der Waals surface area (Å²) in [5.74, 6) is -1.21. The number of hydrogen-bond acceptors (Lipinski definition) is 2. The molecule has 3 nitrogen and oxygen atoms in total. The van der Waals surface area contributed by atoms with E-state index in [4.69, 9.17) is 0 Å². The molecule has 98 valence electrons. The van der Waals surface area contributed by atoms with Crippen molar-refractivity contribution in [1.82, 2.24) is 0 Å². The highest BCUT2D eigenvalue weighted by molar-refractivity contribution is 5.84. The molecule has 1 saturated carbocycles. The van der Waals surface area contributed by atoms with Gasteiger partial charge in [0.05, 0.1) is 5.41 Å². The molecule has 0 radical (unpaired) electrons. The third-order valence-electron chi connectivity index (χ3n) is 3.82. The van der Waals surface area contributed by atoms with Crippen molar-refractivity contribution in [2.45, 2.75) is 31.1 Å². The standard InChI is InChI=1S/C14H18FNO2/c1-16(2)12-6-5-10(15)9-11(12)14(13(17)18)7-3-4-8-14/h5-6,9H,3-4,7-8H2,1-2H3,(H,17,18). The predicted octanol–water partition coefficient (Wildman–Crippen LogP) is 2.79. The molecule has 1 fully saturated rings. The zero-order chi connectivity index (χ0) is 13.3. The number of anilines is 1. The SMILES string of the molecule is CN(C)c1ccc(F)cc1C1(C(=O)O)CCCC1. The summed E-state index contributed by atoms with van der Waals surface area (Å²) in [6, 6.07) is 4.42. The van der Waals surface area contributed by atoms with Crippen molar-refractivity contribution in [2.75, 3.05) is 19.0 Å². The van der Waals surface area contributed by atoms with Gasteiger partial charge in [-0.2, -0.15) is 0 Å². The van der Waals surface area contributed by atoms with Crippen molar-refractivity contribution >= 4 is 11.7 Å². The molecule has 1 N–H and O–H groups in total. The molecule has 18 heavy (non-hydrogen) atoms. The van der Waals surface area contributed by atoms with Crippen LogP contribution in [0, 0.1) is 5.82 Å². The van der Waals surface area contributed by atoms with E-state index in [9.17, 15) is 14.3 Å². The minimum absolute atomic E-state index is 0.372. The minimum atomic E-state index is -0.915. The number of aliphatic carboxylic acids is 1. The molecule has 0 spiro atoms. The Labute approximate surface area is 106 Å². The highest BCUT2D eigenvalue weighted by Crippen LogP contribution is 2.45. The van der Waals surface area contributed by atoms with Gasteiger partial charge in [-0.1, -0.05) is 12.8 Å². The van der Waals surface area contributed by atoms with Crippen LogP contribution >= 0.6 is 0 Å². The Kier molecular flexibility index (Phi) is 3.28. The van der Waals surface area contributed by atoms with Gasteiger partial charge in [-0.25, -0.2) is 4.39 Å². The number of rotatable bonds is 3. The molecule has 0 amide bonds. The maximum atomic E-state index is 13.5. The van der Waals surface area contributed by atoms with Crippen LogP contribution in [0.1, 0.15) is 31.2 Å². The number of carboxylic acids is 1. The number of hydrogen-bond donors (Lipinski definition) is 1. The maximum Gasteiger partial charge on any atom is 0.314 e. The van der Waals surface area contributed by atoms with Crippen LogP contribution < -0.4 is 4.90 Å². The second kappa shape index (κ2) is 4.59. The lowest BCUT2D eigenvalue weighted by Gasteiger charge is -2.29. The van der Waals surface area contributed by atoms with Gasteiger partial charge in [0.2, 0.25) is 0 Å². The lowest BCUT2D eigenvalue weighted by molar-refractivity contribution is -0.143. The van der Waals surface area contributed by atoms with Crippen molar-refractivity contribution in [3.05, 3.63) is 29.6 Å². The second-order valence-electron chi connectivity index (χ2n) is 5.15. The summed E-state index contributed by atoms with van der Waals surface area (Å²) in [6.07, 6.45) is 2.95. The largest absolute Gasteiger partial charge is 0.481 e. The van der Waals surface area contributed by atoms with Gasteiger partial charge in [0, 0.05) is 19.8 Å². The van der Waals surface area contributed by atoms with Crippen LogP contribution in [-0.4, -0.2) is 25.2 Å². The fourth-order valence-corrected chi connectivity index (χ4v) is 2.86. The Morgan fingerprint density at radius 3 is 2.44 bits per heavy atom. The molecule has 1 aliphatic carbocycles. The van der Waals surface area contributed by atoms with E-state index in [1.165, 1.54) is 12.1 Å². The molecule has 0 heterocycles. The number of carboxylic acid groups (broad SMARTS) is 1. The average molecular weight is 251 g/mol. The van der Waals surface area contributed by atoms with E-state index in [0.29, 0.717) is 18.4 Å². The molecule has 0 saturated heterocycles. The zero-order valence-electron chi connectivity index (χ0n) is 10.7. The van der Waals surface area contributed by atoms with Gasteiger partial charge in [0.15, 0.2) is 0 Å². The molecular formula is C14H18FNO2. The second-order valence-corrected chi connectivity index (χ2v) is 5.15. The Hall–Kier alpha value is -1.58. The first-order chi connectivity index (χ1) is 8.47. The van der Waals surface area contributed by atoms with Gasteiger partial charge in [-0.05, 0) is 36.6 Å². The molecule has 0 aromatic heterocycles. The zero-order valence-corrected chi connectivity index (χ0v) is 10.7. The topological polar surface area (TPSA) is 40.5 Å². The van der Waals surface area contributed by atoms with Crippen LogP contribution in [-0.2, 0) is 10.2 Å². The van der Waals surface area contributed by atoms with Crippen LogP contribution in [0.4, 0.5) is 10.1 Å². The molecule has 1 aromatic rings. The van der Waals surface area contributed by atoms with E-state index in [1.54, 1.807) is 6.07 Å². The third kappa shape index (κ3) is 1.96. The Balaban J connectivity index is 2.60. The van der Waals surface area contributed by atoms with E-state index >= 15 is 0 Å². The lowest BCUT2D eigenvalue weighted by Crippen LogP contribution is -2.34. The van der Waals surface area contributed by atoms with Gasteiger partial charge in [0.1, 0.15) is 5.82 Å². The van der Waals surface area contributed by atoms with Gasteiger partial charge < -0.3 is 10.0 Å². The van der Waals surface area contributed by atoms with Gasteiger partial charge >= 0.3 is 5.97 Å². The van der Waals surface area contributed by atoms with Gasteiger partial charge in [-0.15, -0.1) is 0 Å². The average Bonchev–Trinajstić information content (AvgIpc) is 2.78. The van der Waals surface area contributed by atoms with Crippen LogP contribution in [0.3, 0.4) is 0 Å². The number of carbonyl (C=O) groups is 1. The summed E-state index contributed by atoms with van der Waals surface area (Å²) in [7, 11) is 3.70. The Morgan fingerprint density at radius 1 is 1.33 bits per heavy atom. The van der Waals surface area contributed by atoms with Crippen LogP contribution in [0.5, 0.6) is 0 Å². The first-order valence-electron chi connectivity index (χ1n) is 6.18.